The van der Waals surface area contributed by atoms with Gasteiger partial charge in [-0.25, -0.2) is 4.39 Å². The molecule has 3 rings (SSSR count). The fourth-order valence-corrected chi connectivity index (χ4v) is 2.81. The number of nitrogens with zero attached hydrogens (tertiary/aromatic N) is 1. The number of piperidine rings is 1. The van der Waals surface area contributed by atoms with Crippen molar-refractivity contribution in [1.29, 1.82) is 0 Å². The molecule has 1 fully saturated rings. The van der Waals surface area contributed by atoms with Crippen LogP contribution in [0.1, 0.15) is 29.6 Å². The van der Waals surface area contributed by atoms with Crippen molar-refractivity contribution < 1.29 is 18.8 Å². The summed E-state index contributed by atoms with van der Waals surface area (Å²) in [7, 11) is 0. The van der Waals surface area contributed by atoms with Gasteiger partial charge in [-0.05, 0) is 42.8 Å². The van der Waals surface area contributed by atoms with E-state index in [4.69, 9.17) is 11.6 Å². The summed E-state index contributed by atoms with van der Waals surface area (Å²) in [6.07, 6.45) is 1.14. The van der Waals surface area contributed by atoms with Crippen LogP contribution in [0, 0.1) is 5.82 Å². The molecule has 25 heavy (non-hydrogen) atoms. The topological polar surface area (TPSA) is 66.5 Å². The van der Waals surface area contributed by atoms with Gasteiger partial charge < -0.3 is 5.32 Å². The molecule has 2 aromatic carbocycles. The molecule has 0 radical (unpaired) electrons. The van der Waals surface area contributed by atoms with Gasteiger partial charge in [-0.15, -0.1) is 0 Å². The van der Waals surface area contributed by atoms with Crippen LogP contribution in [0.5, 0.6) is 0 Å². The highest BCUT2D eigenvalue weighted by Gasteiger charge is 2.27. The van der Waals surface area contributed by atoms with E-state index in [-0.39, 0.29) is 22.4 Å². The van der Waals surface area contributed by atoms with Crippen LogP contribution in [0.3, 0.4) is 0 Å². The van der Waals surface area contributed by atoms with Crippen LogP contribution >= 0.6 is 11.6 Å². The maximum absolute atomic E-state index is 13.8. The molecule has 0 atom stereocenters. The fraction of sp³-hybridized carbons (Fsp3) is 0.167. The summed E-state index contributed by atoms with van der Waals surface area (Å²) in [6.45, 7) is 0. The van der Waals surface area contributed by atoms with Gasteiger partial charge in [0, 0.05) is 23.6 Å². The van der Waals surface area contributed by atoms with Crippen molar-refractivity contribution in [2.24, 2.45) is 0 Å². The van der Waals surface area contributed by atoms with Crippen LogP contribution in [0.15, 0.2) is 42.5 Å². The first-order valence-corrected chi connectivity index (χ1v) is 8.06. The van der Waals surface area contributed by atoms with Gasteiger partial charge in [0.2, 0.25) is 11.8 Å². The lowest BCUT2D eigenvalue weighted by molar-refractivity contribution is -0.129. The minimum absolute atomic E-state index is 0.192. The van der Waals surface area contributed by atoms with E-state index in [1.54, 1.807) is 18.2 Å². The summed E-state index contributed by atoms with van der Waals surface area (Å²) in [5, 5.41) is 2.79. The Balaban J connectivity index is 1.84. The molecular formula is C18H14ClFN2O3. The molecule has 1 aliphatic rings. The zero-order valence-electron chi connectivity index (χ0n) is 13.1. The summed E-state index contributed by atoms with van der Waals surface area (Å²) in [5.74, 6) is -1.92. The Bertz CT molecular complexity index is 853. The molecule has 1 heterocycles. The van der Waals surface area contributed by atoms with Gasteiger partial charge in [0.1, 0.15) is 5.82 Å². The number of halogens is 2. The van der Waals surface area contributed by atoms with Crippen molar-refractivity contribution in [2.75, 3.05) is 10.2 Å². The number of rotatable bonds is 3. The van der Waals surface area contributed by atoms with Crippen LogP contribution in [-0.2, 0) is 9.59 Å². The number of carbonyl (C=O) groups excluding carboxylic acids is 3. The van der Waals surface area contributed by atoms with Crippen molar-refractivity contribution in [3.8, 4) is 0 Å². The minimum atomic E-state index is -0.695. The molecule has 3 amide bonds. The van der Waals surface area contributed by atoms with E-state index in [1.807, 2.05) is 0 Å². The number of carbonyl (C=O) groups is 3. The maximum atomic E-state index is 13.8. The number of amides is 3. The SMILES string of the molecule is O=C(Nc1cccc(N2C(=O)CCCC2=O)c1)c1cc(Cl)ccc1F. The Kier molecular flexibility index (Phi) is 4.81. The Morgan fingerprint density at radius 2 is 1.80 bits per heavy atom. The molecule has 1 aliphatic heterocycles. The Labute approximate surface area is 148 Å². The van der Waals surface area contributed by atoms with E-state index in [0.717, 1.165) is 11.0 Å². The Morgan fingerprint density at radius 1 is 1.08 bits per heavy atom. The summed E-state index contributed by atoms with van der Waals surface area (Å²) in [5.41, 5.74) is 0.523. The molecule has 1 N–H and O–H groups in total. The van der Waals surface area contributed by atoms with E-state index >= 15 is 0 Å². The Hall–Kier alpha value is -2.73. The molecule has 2 aromatic rings. The highest BCUT2D eigenvalue weighted by atomic mass is 35.5. The second kappa shape index (κ2) is 7.03. The highest BCUT2D eigenvalue weighted by Crippen LogP contribution is 2.25. The highest BCUT2D eigenvalue weighted by molar-refractivity contribution is 6.31. The molecular weight excluding hydrogens is 347 g/mol. The van der Waals surface area contributed by atoms with Gasteiger partial charge >= 0.3 is 0 Å². The van der Waals surface area contributed by atoms with Crippen molar-refractivity contribution in [3.05, 3.63) is 58.9 Å². The van der Waals surface area contributed by atoms with Gasteiger partial charge in [0.05, 0.1) is 11.3 Å². The molecule has 0 spiro atoms. The molecule has 0 saturated carbocycles. The van der Waals surface area contributed by atoms with E-state index in [1.165, 1.54) is 18.2 Å². The lowest BCUT2D eigenvalue weighted by atomic mass is 10.1. The lowest BCUT2D eigenvalue weighted by Gasteiger charge is -2.25. The molecule has 128 valence electrons. The number of imide groups is 1. The first-order valence-electron chi connectivity index (χ1n) is 7.68. The number of nitrogens with one attached hydrogen (secondary N) is 1. The zero-order valence-corrected chi connectivity index (χ0v) is 13.8. The van der Waals surface area contributed by atoms with Gasteiger partial charge in [-0.3, -0.25) is 19.3 Å². The van der Waals surface area contributed by atoms with E-state index in [2.05, 4.69) is 5.32 Å². The summed E-state index contributed by atoms with van der Waals surface area (Å²) < 4.78 is 13.8. The number of benzene rings is 2. The minimum Gasteiger partial charge on any atom is -0.322 e. The average Bonchev–Trinajstić information content (AvgIpc) is 2.57. The summed E-state index contributed by atoms with van der Waals surface area (Å²) >= 11 is 5.79. The van der Waals surface area contributed by atoms with Gasteiger partial charge in [0.15, 0.2) is 0 Å². The van der Waals surface area contributed by atoms with Crippen LogP contribution in [0.2, 0.25) is 5.02 Å². The first-order chi connectivity index (χ1) is 12.0. The van der Waals surface area contributed by atoms with Crippen LogP contribution in [0.4, 0.5) is 15.8 Å². The molecule has 0 bridgehead atoms. The van der Waals surface area contributed by atoms with Gasteiger partial charge in [0.25, 0.3) is 5.91 Å². The molecule has 5 nitrogen and oxygen atoms in total. The summed E-state index contributed by atoms with van der Waals surface area (Å²) in [4.78, 5) is 37.3. The van der Waals surface area contributed by atoms with E-state index in [0.29, 0.717) is 30.6 Å². The number of hydrogen-bond donors (Lipinski definition) is 1. The van der Waals surface area contributed by atoms with Crippen molar-refractivity contribution in [1.82, 2.24) is 0 Å². The molecule has 0 aliphatic carbocycles. The molecule has 0 aromatic heterocycles. The molecule has 7 heteroatoms. The quantitative estimate of drug-likeness (QED) is 0.847. The van der Waals surface area contributed by atoms with E-state index < -0.39 is 11.7 Å². The molecule has 1 saturated heterocycles. The van der Waals surface area contributed by atoms with Crippen molar-refractivity contribution >= 4 is 40.7 Å². The second-order valence-electron chi connectivity index (χ2n) is 5.61. The molecule has 0 unspecified atom stereocenters. The van der Waals surface area contributed by atoms with Gasteiger partial charge in [-0.2, -0.15) is 0 Å². The first kappa shape index (κ1) is 17.1. The van der Waals surface area contributed by atoms with Crippen molar-refractivity contribution in [2.45, 2.75) is 19.3 Å². The third kappa shape index (κ3) is 3.69. The Morgan fingerprint density at radius 3 is 2.52 bits per heavy atom. The maximum Gasteiger partial charge on any atom is 0.258 e. The average molecular weight is 361 g/mol. The largest absolute Gasteiger partial charge is 0.322 e. The predicted octanol–water partition coefficient (Wildman–Crippen LogP) is 3.77. The zero-order chi connectivity index (χ0) is 18.0. The predicted molar refractivity (Wildman–Crippen MR) is 92.1 cm³/mol. The number of anilines is 2. The van der Waals surface area contributed by atoms with E-state index in [9.17, 15) is 18.8 Å². The lowest BCUT2D eigenvalue weighted by Crippen LogP contribution is -2.40. The third-order valence-electron chi connectivity index (χ3n) is 3.82. The van der Waals surface area contributed by atoms with Crippen LogP contribution in [0.25, 0.3) is 0 Å². The van der Waals surface area contributed by atoms with Gasteiger partial charge in [-0.1, -0.05) is 17.7 Å². The van der Waals surface area contributed by atoms with Crippen molar-refractivity contribution in [3.63, 3.8) is 0 Å². The van der Waals surface area contributed by atoms with Crippen LogP contribution in [-0.4, -0.2) is 17.7 Å². The smallest absolute Gasteiger partial charge is 0.258 e. The summed E-state index contributed by atoms with van der Waals surface area (Å²) in [6, 6.07) is 9.99. The fourth-order valence-electron chi connectivity index (χ4n) is 2.63. The monoisotopic (exact) mass is 360 g/mol. The van der Waals surface area contributed by atoms with Crippen LogP contribution < -0.4 is 10.2 Å². The standard InChI is InChI=1S/C18H14ClFN2O3/c19-11-7-8-15(20)14(9-11)18(25)21-12-3-1-4-13(10-12)22-16(23)5-2-6-17(22)24/h1,3-4,7-10H,2,5-6H2,(H,21,25). The normalized spacial score (nSPS) is 14.6. The third-order valence-corrected chi connectivity index (χ3v) is 4.05. The number of hydrogen-bond acceptors (Lipinski definition) is 3. The second-order valence-corrected chi connectivity index (χ2v) is 6.04.